The zero-order chi connectivity index (χ0) is 19.9. The van der Waals surface area contributed by atoms with Gasteiger partial charge in [0, 0.05) is 23.6 Å². The Morgan fingerprint density at radius 1 is 0.893 bits per heavy atom. The second kappa shape index (κ2) is 6.80. The van der Waals surface area contributed by atoms with Crippen molar-refractivity contribution in [3.63, 3.8) is 0 Å². The second-order valence-corrected chi connectivity index (χ2v) is 8.63. The van der Waals surface area contributed by atoms with E-state index >= 15 is 0 Å². The van der Waals surface area contributed by atoms with Gasteiger partial charge in [-0.2, -0.15) is 0 Å². The van der Waals surface area contributed by atoms with Crippen LogP contribution < -0.4 is 4.72 Å². The maximum Gasteiger partial charge on any atom is 0.262 e. The number of sulfonamides is 1. The molecule has 0 aliphatic carbocycles. The summed E-state index contributed by atoms with van der Waals surface area (Å²) in [5, 5.41) is 0. The number of aryl methyl sites for hydroxylation is 3. The topological polar surface area (TPSA) is 63.5 Å². The van der Waals surface area contributed by atoms with Crippen LogP contribution in [0.3, 0.4) is 0 Å². The van der Waals surface area contributed by atoms with Gasteiger partial charge in [0.05, 0.1) is 10.6 Å². The number of fused-ring (bicyclic) bond motifs is 1. The Morgan fingerprint density at radius 2 is 1.61 bits per heavy atom. The predicted molar refractivity (Wildman–Crippen MR) is 112 cm³/mol. The average molecular weight is 391 g/mol. The number of anilines is 1. The van der Waals surface area contributed by atoms with Gasteiger partial charge in [0.1, 0.15) is 5.65 Å². The minimum atomic E-state index is -3.65. The Hall–Kier alpha value is -3.12. The van der Waals surface area contributed by atoms with Crippen molar-refractivity contribution < 1.29 is 8.42 Å². The standard InChI is InChI=1S/C22H21N3O2S/c1-15-12-17(3)21(13-16(15)2)28(26,27)24-19-9-7-18(8-10-19)20-14-25-11-5-4-6-22(25)23-20/h4-14,24H,1-3H3. The summed E-state index contributed by atoms with van der Waals surface area (Å²) in [4.78, 5) is 4.89. The lowest BCUT2D eigenvalue weighted by molar-refractivity contribution is 0.600. The minimum Gasteiger partial charge on any atom is -0.306 e. The summed E-state index contributed by atoms with van der Waals surface area (Å²) < 4.78 is 30.3. The monoisotopic (exact) mass is 391 g/mol. The third-order valence-electron chi connectivity index (χ3n) is 4.88. The van der Waals surface area contributed by atoms with Gasteiger partial charge in [0.25, 0.3) is 10.0 Å². The highest BCUT2D eigenvalue weighted by Gasteiger charge is 2.18. The summed E-state index contributed by atoms with van der Waals surface area (Å²) in [6, 6.07) is 16.7. The zero-order valence-electron chi connectivity index (χ0n) is 16.0. The molecule has 6 heteroatoms. The summed E-state index contributed by atoms with van der Waals surface area (Å²) >= 11 is 0. The summed E-state index contributed by atoms with van der Waals surface area (Å²) in [5.41, 5.74) is 5.91. The van der Waals surface area contributed by atoms with E-state index in [4.69, 9.17) is 0 Å². The largest absolute Gasteiger partial charge is 0.306 e. The molecule has 4 aromatic rings. The highest BCUT2D eigenvalue weighted by Crippen LogP contribution is 2.25. The van der Waals surface area contributed by atoms with Crippen LogP contribution in [0.2, 0.25) is 0 Å². The first kappa shape index (κ1) is 18.3. The first-order valence-electron chi connectivity index (χ1n) is 8.98. The van der Waals surface area contributed by atoms with Crippen LogP contribution in [-0.4, -0.2) is 17.8 Å². The van der Waals surface area contributed by atoms with Crippen molar-refractivity contribution in [2.45, 2.75) is 25.7 Å². The third-order valence-corrected chi connectivity index (χ3v) is 6.40. The van der Waals surface area contributed by atoms with Crippen LogP contribution in [-0.2, 0) is 10.0 Å². The second-order valence-electron chi connectivity index (χ2n) is 6.98. The van der Waals surface area contributed by atoms with Gasteiger partial charge in [-0.05, 0) is 67.8 Å². The fourth-order valence-electron chi connectivity index (χ4n) is 3.22. The van der Waals surface area contributed by atoms with Gasteiger partial charge in [-0.3, -0.25) is 4.72 Å². The molecule has 0 atom stereocenters. The summed E-state index contributed by atoms with van der Waals surface area (Å²) in [7, 11) is -3.65. The minimum absolute atomic E-state index is 0.306. The van der Waals surface area contributed by atoms with E-state index in [9.17, 15) is 8.42 Å². The Kier molecular flexibility index (Phi) is 4.43. The predicted octanol–water partition coefficient (Wildman–Crippen LogP) is 4.73. The average Bonchev–Trinajstić information content (AvgIpc) is 3.09. The number of aromatic nitrogens is 2. The van der Waals surface area contributed by atoms with Crippen LogP contribution in [0.5, 0.6) is 0 Å². The van der Waals surface area contributed by atoms with Crippen LogP contribution >= 0.6 is 0 Å². The molecule has 0 saturated heterocycles. The molecule has 0 amide bonds. The fraction of sp³-hybridized carbons (Fsp3) is 0.136. The van der Waals surface area contributed by atoms with Crippen molar-refractivity contribution in [3.05, 3.63) is 83.7 Å². The fourth-order valence-corrected chi connectivity index (χ4v) is 4.59. The first-order chi connectivity index (χ1) is 13.3. The molecule has 0 bridgehead atoms. The number of benzene rings is 2. The van der Waals surface area contributed by atoms with E-state index in [1.807, 2.05) is 74.0 Å². The number of pyridine rings is 1. The molecule has 5 nitrogen and oxygen atoms in total. The molecule has 0 radical (unpaired) electrons. The van der Waals surface area contributed by atoms with Crippen molar-refractivity contribution in [1.82, 2.24) is 9.38 Å². The smallest absolute Gasteiger partial charge is 0.262 e. The summed E-state index contributed by atoms with van der Waals surface area (Å²) in [6.45, 7) is 5.70. The van der Waals surface area contributed by atoms with Gasteiger partial charge in [-0.1, -0.05) is 24.3 Å². The molecule has 2 aromatic carbocycles. The van der Waals surface area contributed by atoms with Crippen LogP contribution in [0.4, 0.5) is 5.69 Å². The molecule has 0 unspecified atom stereocenters. The maximum absolute atomic E-state index is 12.8. The van der Waals surface area contributed by atoms with Gasteiger partial charge in [0.15, 0.2) is 0 Å². The molecule has 0 fully saturated rings. The number of imidazole rings is 1. The molecular weight excluding hydrogens is 370 g/mol. The molecule has 28 heavy (non-hydrogen) atoms. The SMILES string of the molecule is Cc1cc(C)c(S(=O)(=O)Nc2ccc(-c3cn4ccccc4n3)cc2)cc1C. The van der Waals surface area contributed by atoms with Crippen molar-refractivity contribution in [2.75, 3.05) is 4.72 Å². The van der Waals surface area contributed by atoms with E-state index < -0.39 is 10.0 Å². The van der Waals surface area contributed by atoms with E-state index in [1.165, 1.54) is 0 Å². The summed E-state index contributed by atoms with van der Waals surface area (Å²) in [5.74, 6) is 0. The van der Waals surface area contributed by atoms with E-state index in [0.29, 0.717) is 10.6 Å². The van der Waals surface area contributed by atoms with Crippen molar-refractivity contribution >= 4 is 21.4 Å². The van der Waals surface area contributed by atoms with Gasteiger partial charge in [-0.15, -0.1) is 0 Å². The van der Waals surface area contributed by atoms with E-state index in [1.54, 1.807) is 18.2 Å². The zero-order valence-corrected chi connectivity index (χ0v) is 16.8. The number of hydrogen-bond acceptors (Lipinski definition) is 3. The lowest BCUT2D eigenvalue weighted by Crippen LogP contribution is -2.14. The lowest BCUT2D eigenvalue weighted by atomic mass is 10.1. The Labute approximate surface area is 164 Å². The quantitative estimate of drug-likeness (QED) is 0.547. The molecule has 0 spiro atoms. The molecule has 0 aliphatic heterocycles. The summed E-state index contributed by atoms with van der Waals surface area (Å²) in [6.07, 6.45) is 3.90. The normalized spacial score (nSPS) is 11.7. The molecule has 0 saturated carbocycles. The number of hydrogen-bond donors (Lipinski definition) is 1. The van der Waals surface area contributed by atoms with Crippen LogP contribution in [0.25, 0.3) is 16.9 Å². The van der Waals surface area contributed by atoms with Crippen molar-refractivity contribution in [2.24, 2.45) is 0 Å². The number of rotatable bonds is 4. The Morgan fingerprint density at radius 3 is 2.32 bits per heavy atom. The first-order valence-corrected chi connectivity index (χ1v) is 10.5. The molecule has 2 heterocycles. The van der Waals surface area contributed by atoms with Crippen LogP contribution in [0.1, 0.15) is 16.7 Å². The van der Waals surface area contributed by atoms with Gasteiger partial charge in [-0.25, -0.2) is 13.4 Å². The van der Waals surface area contributed by atoms with Crippen molar-refractivity contribution in [3.8, 4) is 11.3 Å². The van der Waals surface area contributed by atoms with Gasteiger partial charge >= 0.3 is 0 Å². The van der Waals surface area contributed by atoms with E-state index in [0.717, 1.165) is 33.6 Å². The lowest BCUT2D eigenvalue weighted by Gasteiger charge is -2.13. The molecule has 1 N–H and O–H groups in total. The van der Waals surface area contributed by atoms with E-state index in [-0.39, 0.29) is 0 Å². The van der Waals surface area contributed by atoms with Crippen LogP contribution in [0, 0.1) is 20.8 Å². The Balaban J connectivity index is 1.61. The molecule has 142 valence electrons. The highest BCUT2D eigenvalue weighted by molar-refractivity contribution is 7.92. The highest BCUT2D eigenvalue weighted by atomic mass is 32.2. The molecule has 2 aromatic heterocycles. The van der Waals surface area contributed by atoms with Gasteiger partial charge in [0.2, 0.25) is 0 Å². The van der Waals surface area contributed by atoms with E-state index in [2.05, 4.69) is 9.71 Å². The molecule has 4 rings (SSSR count). The third kappa shape index (κ3) is 3.39. The van der Waals surface area contributed by atoms with Crippen molar-refractivity contribution in [1.29, 1.82) is 0 Å². The number of nitrogens with one attached hydrogen (secondary N) is 1. The number of nitrogens with zero attached hydrogens (tertiary/aromatic N) is 2. The maximum atomic E-state index is 12.8. The molecule has 0 aliphatic rings. The molecular formula is C22H21N3O2S. The Bertz CT molecular complexity index is 1240. The van der Waals surface area contributed by atoms with Gasteiger partial charge < -0.3 is 4.40 Å². The van der Waals surface area contributed by atoms with Crippen LogP contribution in [0.15, 0.2) is 71.9 Å².